The van der Waals surface area contributed by atoms with Gasteiger partial charge in [-0.05, 0) is 19.3 Å². The summed E-state index contributed by atoms with van der Waals surface area (Å²) in [4.78, 5) is 5.32. The molecule has 0 saturated carbocycles. The van der Waals surface area contributed by atoms with E-state index in [2.05, 4.69) is 43.0 Å². The van der Waals surface area contributed by atoms with Gasteiger partial charge < -0.3 is 9.80 Å². The lowest BCUT2D eigenvalue weighted by atomic mass is 10.0. The Balaban J connectivity index is 1.94. The Morgan fingerprint density at radius 2 is 0.575 bits per heavy atom. The molecular formula is C38H76N2. The van der Waals surface area contributed by atoms with Gasteiger partial charge in [-0.2, -0.15) is 0 Å². The average Bonchev–Trinajstić information content (AvgIpc) is 3.34. The molecule has 0 radical (unpaired) electrons. The van der Waals surface area contributed by atoms with Crippen LogP contribution in [0, 0.1) is 0 Å². The molecule has 1 heterocycles. The van der Waals surface area contributed by atoms with E-state index in [0.29, 0.717) is 6.17 Å². The topological polar surface area (TPSA) is 6.48 Å². The highest BCUT2D eigenvalue weighted by Gasteiger charge is 2.24. The first-order valence-corrected chi connectivity index (χ1v) is 19.0. The van der Waals surface area contributed by atoms with Gasteiger partial charge in [-0.25, -0.2) is 0 Å². The van der Waals surface area contributed by atoms with Crippen molar-refractivity contribution in [2.45, 2.75) is 220 Å². The molecule has 1 atom stereocenters. The minimum absolute atomic E-state index is 0.633. The first-order valence-electron chi connectivity index (χ1n) is 19.0. The molecule has 0 fully saturated rings. The molecule has 1 unspecified atom stereocenters. The van der Waals surface area contributed by atoms with Crippen LogP contribution in [-0.4, -0.2) is 29.1 Å². The van der Waals surface area contributed by atoms with Gasteiger partial charge in [0.1, 0.15) is 6.17 Å². The largest absolute Gasteiger partial charge is 0.356 e. The molecule has 238 valence electrons. The van der Waals surface area contributed by atoms with Gasteiger partial charge in [-0.15, -0.1) is 0 Å². The number of hydrogen-bond acceptors (Lipinski definition) is 2. The number of rotatable bonds is 32. The first kappa shape index (κ1) is 37.4. The molecule has 0 bridgehead atoms. The van der Waals surface area contributed by atoms with Crippen molar-refractivity contribution in [3.63, 3.8) is 0 Å². The van der Waals surface area contributed by atoms with Crippen LogP contribution in [0.1, 0.15) is 213 Å². The van der Waals surface area contributed by atoms with Crippen molar-refractivity contribution in [3.05, 3.63) is 12.4 Å². The summed E-state index contributed by atoms with van der Waals surface area (Å²) in [5.74, 6) is 0. The van der Waals surface area contributed by atoms with Gasteiger partial charge in [0.2, 0.25) is 0 Å². The molecule has 1 aliphatic heterocycles. The van der Waals surface area contributed by atoms with E-state index in [-0.39, 0.29) is 0 Å². The minimum Gasteiger partial charge on any atom is -0.356 e. The fourth-order valence-electron chi connectivity index (χ4n) is 6.58. The van der Waals surface area contributed by atoms with Crippen LogP contribution in [0.25, 0.3) is 0 Å². The average molecular weight is 561 g/mol. The Labute approximate surface area is 254 Å². The van der Waals surface area contributed by atoms with Crippen LogP contribution in [0.4, 0.5) is 0 Å². The molecule has 0 saturated heterocycles. The van der Waals surface area contributed by atoms with Crippen LogP contribution in [0.15, 0.2) is 12.4 Å². The third-order valence-electron chi connectivity index (χ3n) is 9.30. The summed E-state index contributed by atoms with van der Waals surface area (Å²) in [5.41, 5.74) is 0. The zero-order valence-corrected chi connectivity index (χ0v) is 28.3. The van der Waals surface area contributed by atoms with Gasteiger partial charge in [0.15, 0.2) is 0 Å². The summed E-state index contributed by atoms with van der Waals surface area (Å²) in [6.07, 6.45) is 48.5. The Bertz CT molecular complexity index is 516. The monoisotopic (exact) mass is 561 g/mol. The van der Waals surface area contributed by atoms with E-state index in [1.807, 2.05) is 0 Å². The van der Waals surface area contributed by atoms with E-state index in [0.717, 1.165) is 0 Å². The zero-order valence-electron chi connectivity index (χ0n) is 28.3. The van der Waals surface area contributed by atoms with Crippen LogP contribution in [0.3, 0.4) is 0 Å². The van der Waals surface area contributed by atoms with Crippen LogP contribution >= 0.6 is 0 Å². The van der Waals surface area contributed by atoms with E-state index < -0.39 is 0 Å². The molecular weight excluding hydrogens is 484 g/mol. The van der Waals surface area contributed by atoms with E-state index >= 15 is 0 Å². The van der Waals surface area contributed by atoms with Crippen molar-refractivity contribution in [1.82, 2.24) is 9.80 Å². The summed E-state index contributed by atoms with van der Waals surface area (Å²) in [6, 6.07) is 0. The quantitative estimate of drug-likeness (QED) is 0.0755. The second-order valence-electron chi connectivity index (χ2n) is 13.2. The molecule has 0 amide bonds. The van der Waals surface area contributed by atoms with Gasteiger partial charge in [0.25, 0.3) is 0 Å². The van der Waals surface area contributed by atoms with Gasteiger partial charge in [0.05, 0.1) is 0 Å². The van der Waals surface area contributed by atoms with Crippen LogP contribution in [-0.2, 0) is 0 Å². The van der Waals surface area contributed by atoms with Crippen molar-refractivity contribution in [2.75, 3.05) is 13.1 Å². The Hall–Kier alpha value is -0.660. The maximum Gasteiger partial charge on any atom is 0.101 e. The molecule has 0 N–H and O–H groups in total. The maximum absolute atomic E-state index is 2.66. The predicted octanol–water partition coefficient (Wildman–Crippen LogP) is 13.2. The van der Waals surface area contributed by atoms with Crippen molar-refractivity contribution >= 4 is 0 Å². The molecule has 2 heteroatoms. The zero-order chi connectivity index (χ0) is 28.8. The highest BCUT2D eigenvalue weighted by molar-refractivity contribution is 4.96. The number of hydrogen-bond donors (Lipinski definition) is 0. The molecule has 1 rings (SSSR count). The number of nitrogens with zero attached hydrogens (tertiary/aromatic N) is 2. The summed E-state index contributed by atoms with van der Waals surface area (Å²) in [6.45, 7) is 9.49. The molecule has 1 aliphatic rings. The lowest BCUT2D eigenvalue weighted by Gasteiger charge is -2.33. The van der Waals surface area contributed by atoms with Crippen LogP contribution in [0.5, 0.6) is 0 Å². The van der Waals surface area contributed by atoms with Crippen molar-refractivity contribution in [2.24, 2.45) is 0 Å². The third kappa shape index (κ3) is 22.0. The molecule has 0 aromatic heterocycles. The molecule has 0 aromatic carbocycles. The first-order chi connectivity index (χ1) is 19.8. The lowest BCUT2D eigenvalue weighted by molar-refractivity contribution is 0.138. The van der Waals surface area contributed by atoms with Crippen LogP contribution in [0.2, 0.25) is 0 Å². The third-order valence-corrected chi connectivity index (χ3v) is 9.30. The van der Waals surface area contributed by atoms with E-state index in [4.69, 9.17) is 0 Å². The normalized spacial score (nSPS) is 15.1. The summed E-state index contributed by atoms with van der Waals surface area (Å²) in [7, 11) is 0. The lowest BCUT2D eigenvalue weighted by Crippen LogP contribution is -2.39. The van der Waals surface area contributed by atoms with Gasteiger partial charge in [0, 0.05) is 25.5 Å². The fourth-order valence-corrected chi connectivity index (χ4v) is 6.58. The summed E-state index contributed by atoms with van der Waals surface area (Å²) >= 11 is 0. The van der Waals surface area contributed by atoms with E-state index in [9.17, 15) is 0 Å². The second-order valence-corrected chi connectivity index (χ2v) is 13.2. The van der Waals surface area contributed by atoms with Crippen molar-refractivity contribution in [1.29, 1.82) is 0 Å². The van der Waals surface area contributed by atoms with Gasteiger partial charge in [-0.3, -0.25) is 0 Å². The second kappa shape index (κ2) is 29.8. The predicted molar refractivity (Wildman–Crippen MR) is 182 cm³/mol. The van der Waals surface area contributed by atoms with Gasteiger partial charge in [-0.1, -0.05) is 194 Å². The SMILES string of the molecule is CCCCCCCCCCCCCCCCCN1C=CN(CCCCCCCCCCCCCCC)C1CCC. The molecule has 0 aromatic rings. The Kier molecular flexibility index (Phi) is 27.9. The fraction of sp³-hybridized carbons (Fsp3) is 0.947. The van der Waals surface area contributed by atoms with Crippen molar-refractivity contribution in [3.8, 4) is 0 Å². The molecule has 2 nitrogen and oxygen atoms in total. The van der Waals surface area contributed by atoms with Crippen LogP contribution < -0.4 is 0 Å². The standard InChI is InChI=1S/C38H76N2/c1-4-7-9-11-13-15-17-19-20-22-24-26-28-30-32-35-40-37-36-39(38(40)33-6-3)34-31-29-27-25-23-21-18-16-14-12-10-8-5-2/h36-38H,4-35H2,1-3H3. The highest BCUT2D eigenvalue weighted by Crippen LogP contribution is 2.22. The Morgan fingerprint density at radius 1 is 0.325 bits per heavy atom. The summed E-state index contributed by atoms with van der Waals surface area (Å²) < 4.78 is 0. The minimum atomic E-state index is 0.633. The summed E-state index contributed by atoms with van der Waals surface area (Å²) in [5, 5.41) is 0. The smallest absolute Gasteiger partial charge is 0.101 e. The molecule has 0 aliphatic carbocycles. The Morgan fingerprint density at radius 3 is 0.825 bits per heavy atom. The van der Waals surface area contributed by atoms with E-state index in [1.165, 1.54) is 206 Å². The highest BCUT2D eigenvalue weighted by atomic mass is 15.4. The van der Waals surface area contributed by atoms with E-state index in [1.54, 1.807) is 0 Å². The molecule has 0 spiro atoms. The molecule has 40 heavy (non-hydrogen) atoms. The maximum atomic E-state index is 2.66. The van der Waals surface area contributed by atoms with Gasteiger partial charge >= 0.3 is 0 Å². The van der Waals surface area contributed by atoms with Crippen molar-refractivity contribution < 1.29 is 0 Å². The number of unbranched alkanes of at least 4 members (excludes halogenated alkanes) is 26.